The number of hydrogen-bond donors (Lipinski definition) is 3. The van der Waals surface area contributed by atoms with Crippen LogP contribution in [0.2, 0.25) is 0 Å². The molecule has 0 spiro atoms. The zero-order valence-electron chi connectivity index (χ0n) is 15.7. The topological polar surface area (TPSA) is 88.7 Å². The van der Waals surface area contributed by atoms with Crippen LogP contribution in [0.1, 0.15) is 31.7 Å². The van der Waals surface area contributed by atoms with Gasteiger partial charge in [-0.1, -0.05) is 12.1 Å². The lowest BCUT2D eigenvalue weighted by Crippen LogP contribution is -2.42. The van der Waals surface area contributed by atoms with Crippen molar-refractivity contribution in [3.63, 3.8) is 0 Å². The average molecular weight is 379 g/mol. The summed E-state index contributed by atoms with van der Waals surface area (Å²) < 4.78 is 5.27. The molecule has 6 nitrogen and oxygen atoms in total. The predicted molar refractivity (Wildman–Crippen MR) is 109 cm³/mol. The van der Waals surface area contributed by atoms with E-state index >= 15 is 0 Å². The van der Waals surface area contributed by atoms with Gasteiger partial charge >= 0.3 is 0 Å². The molecule has 2 rings (SSSR count). The Labute approximate surface area is 160 Å². The number of nitrogens with one attached hydrogen (secondary N) is 2. The highest BCUT2D eigenvalue weighted by atomic mass is 32.2. The zero-order chi connectivity index (χ0) is 18.8. The van der Waals surface area contributed by atoms with E-state index in [1.165, 1.54) is 24.8 Å². The van der Waals surface area contributed by atoms with Crippen molar-refractivity contribution < 1.29 is 9.53 Å². The number of primary amides is 1. The molecule has 0 saturated heterocycles. The summed E-state index contributed by atoms with van der Waals surface area (Å²) in [5.74, 6) is 1.08. The molecule has 1 aromatic rings. The molecule has 1 saturated carbocycles. The third-order valence-corrected chi connectivity index (χ3v) is 5.47. The van der Waals surface area contributed by atoms with Crippen molar-refractivity contribution in [2.45, 2.75) is 43.9 Å². The van der Waals surface area contributed by atoms with Gasteiger partial charge in [-0.3, -0.25) is 9.79 Å². The maximum absolute atomic E-state index is 10.7. The second kappa shape index (κ2) is 11.0. The molecule has 4 N–H and O–H groups in total. The van der Waals surface area contributed by atoms with Crippen molar-refractivity contribution in [3.8, 4) is 5.75 Å². The molecule has 2 atom stereocenters. The normalized spacial score (nSPS) is 20.0. The van der Waals surface area contributed by atoms with Crippen LogP contribution in [-0.2, 0) is 11.2 Å². The maximum Gasteiger partial charge on any atom is 0.255 e. The van der Waals surface area contributed by atoms with E-state index in [0.717, 1.165) is 30.7 Å². The highest BCUT2D eigenvalue weighted by Gasteiger charge is 2.24. The summed E-state index contributed by atoms with van der Waals surface area (Å²) in [6.45, 7) is 3.56. The number of rotatable bonds is 9. The van der Waals surface area contributed by atoms with Crippen molar-refractivity contribution in [2.75, 3.05) is 26.0 Å². The summed E-state index contributed by atoms with van der Waals surface area (Å²) in [6, 6.07) is 8.21. The molecule has 0 aliphatic heterocycles. The van der Waals surface area contributed by atoms with Crippen LogP contribution in [0.3, 0.4) is 0 Å². The molecule has 1 aliphatic carbocycles. The van der Waals surface area contributed by atoms with E-state index in [9.17, 15) is 4.79 Å². The summed E-state index contributed by atoms with van der Waals surface area (Å²) in [5, 5.41) is 7.67. The maximum atomic E-state index is 10.7. The van der Waals surface area contributed by atoms with Gasteiger partial charge in [0.2, 0.25) is 0 Å². The quantitative estimate of drug-likeness (QED) is 0.451. The summed E-state index contributed by atoms with van der Waals surface area (Å²) in [4.78, 5) is 15.4. The van der Waals surface area contributed by atoms with Crippen LogP contribution in [0.5, 0.6) is 5.75 Å². The van der Waals surface area contributed by atoms with Crippen molar-refractivity contribution >= 4 is 23.6 Å². The molecule has 144 valence electrons. The Bertz CT molecular complexity index is 592. The van der Waals surface area contributed by atoms with E-state index in [1.807, 2.05) is 36.0 Å². The Morgan fingerprint density at radius 2 is 2.12 bits per heavy atom. The van der Waals surface area contributed by atoms with E-state index in [0.29, 0.717) is 11.8 Å². The number of aliphatic imine (C=N–C) groups is 1. The standard InChI is InChI=1S/C19H30N4O2S/c1-3-21-19(23-15-6-9-17(12-15)26-2)22-11-10-14-4-7-16(8-5-14)25-13-18(20)24/h4-5,7-8,15,17H,3,6,9-13H2,1-2H3,(H2,20,24)(H2,21,22,23). The highest BCUT2D eigenvalue weighted by molar-refractivity contribution is 7.99. The summed E-state index contributed by atoms with van der Waals surface area (Å²) in [7, 11) is 0. The van der Waals surface area contributed by atoms with Crippen LogP contribution in [0, 0.1) is 0 Å². The number of thioether (sulfide) groups is 1. The monoisotopic (exact) mass is 378 g/mol. The fraction of sp³-hybridized carbons (Fsp3) is 0.579. The van der Waals surface area contributed by atoms with Gasteiger partial charge in [-0.2, -0.15) is 11.8 Å². The number of ether oxygens (including phenoxy) is 1. The van der Waals surface area contributed by atoms with Gasteiger partial charge in [0.05, 0.1) is 0 Å². The average Bonchev–Trinajstić information content (AvgIpc) is 3.09. The van der Waals surface area contributed by atoms with Crippen LogP contribution in [0.15, 0.2) is 29.3 Å². The first-order valence-electron chi connectivity index (χ1n) is 9.18. The number of nitrogens with zero attached hydrogens (tertiary/aromatic N) is 1. The molecular formula is C19H30N4O2S. The lowest BCUT2D eigenvalue weighted by molar-refractivity contribution is -0.119. The van der Waals surface area contributed by atoms with Crippen molar-refractivity contribution in [2.24, 2.45) is 10.7 Å². The zero-order valence-corrected chi connectivity index (χ0v) is 16.5. The van der Waals surface area contributed by atoms with Gasteiger partial charge < -0.3 is 21.1 Å². The van der Waals surface area contributed by atoms with Crippen molar-refractivity contribution in [3.05, 3.63) is 29.8 Å². The molecule has 1 amide bonds. The van der Waals surface area contributed by atoms with Crippen LogP contribution in [0.4, 0.5) is 0 Å². The Morgan fingerprint density at radius 3 is 2.73 bits per heavy atom. The fourth-order valence-corrected chi connectivity index (χ4v) is 3.80. The van der Waals surface area contributed by atoms with E-state index in [-0.39, 0.29) is 6.61 Å². The molecule has 2 unspecified atom stereocenters. The first-order chi connectivity index (χ1) is 12.6. The lowest BCUT2D eigenvalue weighted by Gasteiger charge is -2.17. The number of carbonyl (C=O) groups is 1. The second-order valence-electron chi connectivity index (χ2n) is 6.42. The predicted octanol–water partition coefficient (Wildman–Crippen LogP) is 1.93. The number of hydrogen-bond acceptors (Lipinski definition) is 4. The SMILES string of the molecule is CCNC(=NCCc1ccc(OCC(N)=O)cc1)NC1CCC(SC)C1. The van der Waals surface area contributed by atoms with Crippen LogP contribution in [-0.4, -0.2) is 49.1 Å². The van der Waals surface area contributed by atoms with Gasteiger partial charge in [0.15, 0.2) is 12.6 Å². The number of benzene rings is 1. The minimum atomic E-state index is -0.474. The molecule has 1 fully saturated rings. The Balaban J connectivity index is 1.80. The van der Waals surface area contributed by atoms with Gasteiger partial charge in [0.25, 0.3) is 5.91 Å². The molecule has 1 aromatic carbocycles. The van der Waals surface area contributed by atoms with Gasteiger partial charge in [0.1, 0.15) is 5.75 Å². The summed E-state index contributed by atoms with van der Waals surface area (Å²) >= 11 is 1.96. The molecule has 7 heteroatoms. The molecule has 0 aromatic heterocycles. The molecular weight excluding hydrogens is 348 g/mol. The largest absolute Gasteiger partial charge is 0.484 e. The summed E-state index contributed by atoms with van der Waals surface area (Å²) in [6.07, 6.45) is 6.74. The third kappa shape index (κ3) is 7.15. The Kier molecular flexibility index (Phi) is 8.61. The Morgan fingerprint density at radius 1 is 1.35 bits per heavy atom. The Hall–Kier alpha value is -1.89. The highest BCUT2D eigenvalue weighted by Crippen LogP contribution is 2.28. The minimum absolute atomic E-state index is 0.0973. The second-order valence-corrected chi connectivity index (χ2v) is 7.56. The number of nitrogens with two attached hydrogens (primary N) is 1. The summed E-state index contributed by atoms with van der Waals surface area (Å²) in [5.41, 5.74) is 6.25. The fourth-order valence-electron chi connectivity index (χ4n) is 3.00. The van der Waals surface area contributed by atoms with Crippen molar-refractivity contribution in [1.29, 1.82) is 0 Å². The molecule has 0 heterocycles. The third-order valence-electron chi connectivity index (χ3n) is 4.38. The number of carbonyl (C=O) groups excluding carboxylic acids is 1. The number of amides is 1. The van der Waals surface area contributed by atoms with Gasteiger partial charge in [-0.25, -0.2) is 0 Å². The van der Waals surface area contributed by atoms with E-state index < -0.39 is 5.91 Å². The van der Waals surface area contributed by atoms with Gasteiger partial charge in [0, 0.05) is 24.4 Å². The van der Waals surface area contributed by atoms with Crippen LogP contribution < -0.4 is 21.1 Å². The lowest BCUT2D eigenvalue weighted by atomic mass is 10.1. The molecule has 0 radical (unpaired) electrons. The van der Waals surface area contributed by atoms with E-state index in [2.05, 4.69) is 23.8 Å². The number of guanidine groups is 1. The molecule has 26 heavy (non-hydrogen) atoms. The minimum Gasteiger partial charge on any atom is -0.484 e. The molecule has 1 aliphatic rings. The van der Waals surface area contributed by atoms with Gasteiger partial charge in [-0.15, -0.1) is 0 Å². The van der Waals surface area contributed by atoms with Crippen molar-refractivity contribution in [1.82, 2.24) is 10.6 Å². The van der Waals surface area contributed by atoms with E-state index in [4.69, 9.17) is 15.5 Å². The van der Waals surface area contributed by atoms with Crippen LogP contribution in [0.25, 0.3) is 0 Å². The first kappa shape index (κ1) is 20.4. The molecule has 0 bridgehead atoms. The smallest absolute Gasteiger partial charge is 0.255 e. The van der Waals surface area contributed by atoms with E-state index in [1.54, 1.807) is 0 Å². The van der Waals surface area contributed by atoms with Gasteiger partial charge in [-0.05, 0) is 56.6 Å². The van der Waals surface area contributed by atoms with Crippen LogP contribution >= 0.6 is 11.8 Å². The first-order valence-corrected chi connectivity index (χ1v) is 10.5.